The molecule has 0 amide bonds. The third kappa shape index (κ3) is 4.59. The summed E-state index contributed by atoms with van der Waals surface area (Å²) in [5.74, 6) is -0.334. The molecule has 0 unspecified atom stereocenters. The maximum absolute atomic E-state index is 11.9. The zero-order valence-electron chi connectivity index (χ0n) is 14.9. The number of anilines is 1. The van der Waals surface area contributed by atoms with Gasteiger partial charge in [0.1, 0.15) is 9.88 Å². The Labute approximate surface area is 166 Å². The van der Waals surface area contributed by atoms with Crippen molar-refractivity contribution in [2.45, 2.75) is 19.9 Å². The Balaban J connectivity index is 1.60. The average molecular weight is 411 g/mol. The number of hydrogen-bond donors (Lipinski definition) is 1. The van der Waals surface area contributed by atoms with Gasteiger partial charge in [-0.15, -0.1) is 22.7 Å². The predicted octanol–water partition coefficient (Wildman–Crippen LogP) is 3.20. The average Bonchev–Trinajstić information content (AvgIpc) is 3.20. The quantitative estimate of drug-likeness (QED) is 0.613. The molecule has 0 atom stereocenters. The molecule has 3 rings (SSSR count). The Morgan fingerprint density at radius 2 is 2.19 bits per heavy atom. The number of thiocarbonyl (C=S) groups is 1. The summed E-state index contributed by atoms with van der Waals surface area (Å²) in [6.07, 6.45) is 2.89. The number of esters is 1. The van der Waals surface area contributed by atoms with Crippen LogP contribution in [0.15, 0.2) is 17.0 Å². The van der Waals surface area contributed by atoms with Gasteiger partial charge in [-0.1, -0.05) is 0 Å². The Kier molecular flexibility index (Phi) is 6.58. The molecule has 1 aliphatic rings. The number of hydrogen-bond acceptors (Lipinski definition) is 7. The lowest BCUT2D eigenvalue weighted by Crippen LogP contribution is -2.38. The van der Waals surface area contributed by atoms with Crippen LogP contribution in [0.3, 0.4) is 0 Å². The minimum Gasteiger partial charge on any atom is -0.465 e. The molecule has 0 aliphatic carbocycles. The highest BCUT2D eigenvalue weighted by Gasteiger charge is 2.21. The van der Waals surface area contributed by atoms with Gasteiger partial charge >= 0.3 is 5.97 Å². The van der Waals surface area contributed by atoms with E-state index >= 15 is 0 Å². The summed E-state index contributed by atoms with van der Waals surface area (Å²) in [5.41, 5.74) is 1.76. The van der Waals surface area contributed by atoms with Gasteiger partial charge in [0.05, 0.1) is 19.3 Å². The van der Waals surface area contributed by atoms with Crippen molar-refractivity contribution in [3.05, 3.63) is 32.4 Å². The van der Waals surface area contributed by atoms with Crippen LogP contribution in [0, 0.1) is 6.92 Å². The van der Waals surface area contributed by atoms with Gasteiger partial charge in [0.25, 0.3) is 0 Å². The van der Waals surface area contributed by atoms with Crippen molar-refractivity contribution in [3.63, 3.8) is 0 Å². The topological polar surface area (TPSA) is 57.7 Å². The minimum absolute atomic E-state index is 0.334. The highest BCUT2D eigenvalue weighted by atomic mass is 32.1. The van der Waals surface area contributed by atoms with Crippen molar-refractivity contribution < 1.29 is 9.53 Å². The van der Waals surface area contributed by atoms with Crippen LogP contribution in [0.25, 0.3) is 0 Å². The van der Waals surface area contributed by atoms with E-state index in [4.69, 9.17) is 17.0 Å². The lowest BCUT2D eigenvalue weighted by molar-refractivity contribution is 0.0607. The van der Waals surface area contributed by atoms with Gasteiger partial charge in [0.15, 0.2) is 5.11 Å². The van der Waals surface area contributed by atoms with Crippen molar-refractivity contribution in [1.29, 1.82) is 0 Å². The molecule has 3 heterocycles. The van der Waals surface area contributed by atoms with Gasteiger partial charge in [-0.05, 0) is 36.5 Å². The summed E-state index contributed by atoms with van der Waals surface area (Å²) >= 11 is 8.69. The first-order chi connectivity index (χ1) is 12.6. The predicted molar refractivity (Wildman–Crippen MR) is 110 cm³/mol. The Hall–Kier alpha value is -1.55. The van der Waals surface area contributed by atoms with Crippen LogP contribution < -0.4 is 5.32 Å². The fourth-order valence-corrected chi connectivity index (χ4v) is 4.75. The molecule has 6 nitrogen and oxygen atoms in total. The molecule has 0 saturated carbocycles. The van der Waals surface area contributed by atoms with Crippen molar-refractivity contribution in [2.75, 3.05) is 38.6 Å². The van der Waals surface area contributed by atoms with Crippen LogP contribution >= 0.6 is 34.9 Å². The fourth-order valence-electron chi connectivity index (χ4n) is 2.88. The zero-order chi connectivity index (χ0) is 18.5. The van der Waals surface area contributed by atoms with E-state index in [-0.39, 0.29) is 5.97 Å². The lowest BCUT2D eigenvalue weighted by atomic mass is 10.2. The number of nitrogens with zero attached hydrogens (tertiary/aromatic N) is 3. The first-order valence-electron chi connectivity index (χ1n) is 8.41. The molecular weight excluding hydrogens is 388 g/mol. The van der Waals surface area contributed by atoms with Crippen molar-refractivity contribution in [3.8, 4) is 0 Å². The molecule has 1 N–H and O–H groups in total. The van der Waals surface area contributed by atoms with E-state index in [2.05, 4.69) is 20.1 Å². The molecule has 1 aliphatic heterocycles. The molecule has 0 spiro atoms. The zero-order valence-corrected chi connectivity index (χ0v) is 17.3. The fraction of sp³-hybridized carbons (Fsp3) is 0.471. The van der Waals surface area contributed by atoms with Crippen LogP contribution in [0.2, 0.25) is 0 Å². The molecule has 0 aromatic carbocycles. The molecule has 0 radical (unpaired) electrons. The van der Waals surface area contributed by atoms with Crippen LogP contribution in [0.1, 0.15) is 26.7 Å². The summed E-state index contributed by atoms with van der Waals surface area (Å²) in [5, 5.41) is 9.03. The SMILES string of the molecule is COC(=O)c1scc(C)c1NC(=S)N1CCCN(Cc2nccs2)CC1. The van der Waals surface area contributed by atoms with Crippen molar-refractivity contribution in [2.24, 2.45) is 0 Å². The second-order valence-electron chi connectivity index (χ2n) is 6.09. The summed E-state index contributed by atoms with van der Waals surface area (Å²) in [6.45, 7) is 6.58. The number of carbonyl (C=O) groups is 1. The lowest BCUT2D eigenvalue weighted by Gasteiger charge is -2.24. The number of methoxy groups -OCH3 is 1. The van der Waals surface area contributed by atoms with Crippen LogP contribution in [-0.4, -0.2) is 59.2 Å². The molecule has 9 heteroatoms. The van der Waals surface area contributed by atoms with E-state index in [0.717, 1.165) is 55.4 Å². The van der Waals surface area contributed by atoms with Crippen LogP contribution in [0.5, 0.6) is 0 Å². The van der Waals surface area contributed by atoms with E-state index in [9.17, 15) is 4.79 Å². The highest BCUT2D eigenvalue weighted by molar-refractivity contribution is 7.80. The first-order valence-corrected chi connectivity index (χ1v) is 10.6. The van der Waals surface area contributed by atoms with Crippen LogP contribution in [0.4, 0.5) is 5.69 Å². The Morgan fingerprint density at radius 1 is 1.35 bits per heavy atom. The summed E-state index contributed by atoms with van der Waals surface area (Å²) in [6, 6.07) is 0. The van der Waals surface area contributed by atoms with Crippen molar-refractivity contribution >= 4 is 51.7 Å². The summed E-state index contributed by atoms with van der Waals surface area (Å²) < 4.78 is 4.86. The standard InChI is InChI=1S/C17H22N4O2S3/c1-12-11-26-15(16(22)23-2)14(12)19-17(24)21-6-3-5-20(7-8-21)10-13-18-4-9-25-13/h4,9,11H,3,5-8,10H2,1-2H3,(H,19,24). The second kappa shape index (κ2) is 8.90. The molecule has 2 aromatic heterocycles. The maximum atomic E-state index is 11.9. The van der Waals surface area contributed by atoms with E-state index in [0.29, 0.717) is 9.99 Å². The van der Waals surface area contributed by atoms with Gasteiger partial charge in [0, 0.05) is 37.8 Å². The molecule has 26 heavy (non-hydrogen) atoms. The summed E-state index contributed by atoms with van der Waals surface area (Å²) in [4.78, 5) is 21.5. The smallest absolute Gasteiger partial charge is 0.350 e. The monoisotopic (exact) mass is 410 g/mol. The Morgan fingerprint density at radius 3 is 2.92 bits per heavy atom. The third-order valence-corrected chi connectivity index (χ3v) is 6.50. The van der Waals surface area contributed by atoms with Gasteiger partial charge in [-0.3, -0.25) is 4.90 Å². The largest absolute Gasteiger partial charge is 0.465 e. The molecule has 1 saturated heterocycles. The molecule has 1 fully saturated rings. The first kappa shape index (κ1) is 19.2. The number of thiophene rings is 1. The number of carbonyl (C=O) groups excluding carboxylic acids is 1. The van der Waals surface area contributed by atoms with E-state index in [1.807, 2.05) is 23.9 Å². The van der Waals surface area contributed by atoms with E-state index < -0.39 is 0 Å². The van der Waals surface area contributed by atoms with Gasteiger partial charge in [-0.25, -0.2) is 9.78 Å². The number of rotatable bonds is 4. The van der Waals surface area contributed by atoms with Gasteiger partial charge in [-0.2, -0.15) is 0 Å². The summed E-state index contributed by atoms with van der Waals surface area (Å²) in [7, 11) is 1.39. The maximum Gasteiger partial charge on any atom is 0.350 e. The van der Waals surface area contributed by atoms with E-state index in [1.165, 1.54) is 18.4 Å². The van der Waals surface area contributed by atoms with Crippen molar-refractivity contribution in [1.82, 2.24) is 14.8 Å². The number of aromatic nitrogens is 1. The van der Waals surface area contributed by atoms with E-state index in [1.54, 1.807) is 11.3 Å². The number of nitrogens with one attached hydrogen (secondary N) is 1. The minimum atomic E-state index is -0.334. The molecular formula is C17H22N4O2S3. The third-order valence-electron chi connectivity index (χ3n) is 4.30. The van der Waals surface area contributed by atoms with Gasteiger partial charge < -0.3 is 15.0 Å². The number of ether oxygens (including phenoxy) is 1. The number of aryl methyl sites for hydroxylation is 1. The number of thiazole rings is 1. The highest BCUT2D eigenvalue weighted by Crippen LogP contribution is 2.28. The second-order valence-corrected chi connectivity index (χ2v) is 8.33. The normalized spacial score (nSPS) is 15.5. The van der Waals surface area contributed by atoms with Gasteiger partial charge in [0.2, 0.25) is 0 Å². The Bertz CT molecular complexity index is 760. The molecule has 140 valence electrons. The van der Waals surface area contributed by atoms with Crippen LogP contribution in [-0.2, 0) is 11.3 Å². The molecule has 0 bridgehead atoms. The molecule has 2 aromatic rings.